The van der Waals surface area contributed by atoms with Crippen LogP contribution in [0.4, 0.5) is 0 Å². The van der Waals surface area contributed by atoms with Crippen molar-refractivity contribution in [3.8, 4) is 0 Å². The summed E-state index contributed by atoms with van der Waals surface area (Å²) in [6, 6.07) is 21.3. The lowest BCUT2D eigenvalue weighted by molar-refractivity contribution is -0.120. The highest BCUT2D eigenvalue weighted by Gasteiger charge is 2.31. The summed E-state index contributed by atoms with van der Waals surface area (Å²) in [5.74, 6) is -0.601. The summed E-state index contributed by atoms with van der Waals surface area (Å²) in [5, 5.41) is 2.71. The maximum Gasteiger partial charge on any atom is 0.272 e. The van der Waals surface area contributed by atoms with E-state index >= 15 is 0 Å². The second-order valence-electron chi connectivity index (χ2n) is 8.76. The number of unbranched alkanes of at least 4 members (excludes halogenated alkanes) is 6. The Balaban J connectivity index is 1.61. The largest absolute Gasteiger partial charge is 0.346 e. The first-order valence-corrected chi connectivity index (χ1v) is 13.3. The molecule has 0 bridgehead atoms. The molecule has 0 aromatic heterocycles. The van der Waals surface area contributed by atoms with Gasteiger partial charge in [0, 0.05) is 19.1 Å². The molecule has 0 radical (unpaired) electrons. The molecule has 0 saturated heterocycles. The van der Waals surface area contributed by atoms with Crippen molar-refractivity contribution in [3.05, 3.63) is 84.4 Å². The fourth-order valence-corrected chi connectivity index (χ4v) is 4.14. The van der Waals surface area contributed by atoms with Crippen molar-refractivity contribution in [1.82, 2.24) is 10.2 Å². The zero-order valence-corrected chi connectivity index (χ0v) is 22.2. The first kappa shape index (κ1) is 28.7. The third kappa shape index (κ3) is 12.3. The third-order valence-electron chi connectivity index (χ3n) is 5.85. The summed E-state index contributed by atoms with van der Waals surface area (Å²) < 4.78 is -1.93. The minimum absolute atomic E-state index is 0.164. The maximum absolute atomic E-state index is 11.8. The Bertz CT molecular complexity index is 783. The van der Waals surface area contributed by atoms with Gasteiger partial charge in [0.2, 0.25) is 0 Å². The van der Waals surface area contributed by atoms with Gasteiger partial charge in [0.25, 0.3) is 9.70 Å². The van der Waals surface area contributed by atoms with Gasteiger partial charge in [0.05, 0.1) is 0 Å². The van der Waals surface area contributed by atoms with Crippen molar-refractivity contribution in [2.75, 3.05) is 6.54 Å². The zero-order chi connectivity index (χ0) is 24.7. The normalized spacial score (nSPS) is 12.5. The molecular weight excluding hydrogens is 487 g/mol. The molecule has 0 heterocycles. The van der Waals surface area contributed by atoms with Crippen LogP contribution < -0.4 is 5.32 Å². The average molecular weight is 524 g/mol. The van der Waals surface area contributed by atoms with E-state index in [-0.39, 0.29) is 6.04 Å². The van der Waals surface area contributed by atoms with Crippen LogP contribution in [0.2, 0.25) is 0 Å². The highest BCUT2D eigenvalue weighted by atomic mass is 35.6. The molecule has 2 aromatic rings. The van der Waals surface area contributed by atoms with Crippen LogP contribution in [-0.4, -0.2) is 27.2 Å². The molecule has 34 heavy (non-hydrogen) atoms. The molecule has 2 rings (SSSR count). The number of alkyl halides is 3. The van der Waals surface area contributed by atoms with Crippen molar-refractivity contribution >= 4 is 40.7 Å². The molecule has 0 fully saturated rings. The van der Waals surface area contributed by atoms with Crippen molar-refractivity contribution < 1.29 is 4.79 Å². The maximum atomic E-state index is 11.8. The highest BCUT2D eigenvalue weighted by molar-refractivity contribution is 6.76. The van der Waals surface area contributed by atoms with E-state index in [1.165, 1.54) is 43.2 Å². The average Bonchev–Trinajstić information content (AvgIpc) is 2.82. The van der Waals surface area contributed by atoms with Gasteiger partial charge in [-0.1, -0.05) is 140 Å². The van der Waals surface area contributed by atoms with Crippen LogP contribution in [0.15, 0.2) is 73.3 Å². The molecule has 1 amide bonds. The molecule has 0 aliphatic heterocycles. The fraction of sp³-hybridized carbons (Fsp3) is 0.464. The monoisotopic (exact) mass is 522 g/mol. The number of nitrogens with one attached hydrogen (secondary N) is 1. The van der Waals surface area contributed by atoms with E-state index in [2.05, 4.69) is 77.5 Å². The Hall–Kier alpha value is -1.52. The molecular formula is C28H37Cl3N2O. The Kier molecular flexibility index (Phi) is 13.7. The summed E-state index contributed by atoms with van der Waals surface area (Å²) >= 11 is 16.8. The number of amides is 1. The van der Waals surface area contributed by atoms with Crippen molar-refractivity contribution in [2.24, 2.45) is 0 Å². The van der Waals surface area contributed by atoms with Crippen molar-refractivity contribution in [3.63, 3.8) is 0 Å². The Morgan fingerprint density at radius 2 is 1.29 bits per heavy atom. The molecule has 1 atom stereocenters. The number of carbonyl (C=O) groups excluding carboxylic acids is 1. The van der Waals surface area contributed by atoms with Gasteiger partial charge in [-0.15, -0.1) is 6.58 Å². The number of benzene rings is 2. The van der Waals surface area contributed by atoms with E-state index in [1.54, 1.807) is 6.08 Å². The van der Waals surface area contributed by atoms with E-state index in [9.17, 15) is 4.79 Å². The van der Waals surface area contributed by atoms with Gasteiger partial charge in [0.15, 0.2) is 0 Å². The van der Waals surface area contributed by atoms with Crippen LogP contribution in [0.5, 0.6) is 0 Å². The summed E-state index contributed by atoms with van der Waals surface area (Å²) in [4.78, 5) is 14.3. The number of nitrogens with zero attached hydrogens (tertiary/aromatic N) is 1. The smallest absolute Gasteiger partial charge is 0.272 e. The van der Waals surface area contributed by atoms with E-state index in [0.29, 0.717) is 0 Å². The van der Waals surface area contributed by atoms with E-state index in [4.69, 9.17) is 34.8 Å². The van der Waals surface area contributed by atoms with Crippen LogP contribution in [0.1, 0.15) is 62.5 Å². The van der Waals surface area contributed by atoms with Crippen LogP contribution in [-0.2, 0) is 17.9 Å². The van der Waals surface area contributed by atoms with Crippen molar-refractivity contribution in [2.45, 2.75) is 74.3 Å². The predicted octanol–water partition coefficient (Wildman–Crippen LogP) is 7.85. The molecule has 0 saturated carbocycles. The molecule has 0 spiro atoms. The second-order valence-corrected chi connectivity index (χ2v) is 11.0. The highest BCUT2D eigenvalue weighted by Crippen LogP contribution is 2.26. The summed E-state index contributed by atoms with van der Waals surface area (Å²) in [7, 11) is 0. The lowest BCUT2D eigenvalue weighted by atomic mass is 10.0. The molecule has 0 aliphatic rings. The molecule has 6 heteroatoms. The van der Waals surface area contributed by atoms with Gasteiger partial charge in [-0.25, -0.2) is 0 Å². The van der Waals surface area contributed by atoms with Gasteiger partial charge in [-0.2, -0.15) is 0 Å². The fourth-order valence-electron chi connectivity index (χ4n) is 3.98. The topological polar surface area (TPSA) is 32.3 Å². The molecule has 3 nitrogen and oxygen atoms in total. The second kappa shape index (κ2) is 16.2. The van der Waals surface area contributed by atoms with Crippen LogP contribution >= 0.6 is 34.8 Å². The minimum Gasteiger partial charge on any atom is -0.346 e. The lowest BCUT2D eigenvalue weighted by Crippen LogP contribution is -2.40. The number of carbonyl (C=O) groups is 1. The molecule has 2 aromatic carbocycles. The quantitative estimate of drug-likeness (QED) is 0.138. The van der Waals surface area contributed by atoms with Crippen LogP contribution in [0.25, 0.3) is 0 Å². The predicted molar refractivity (Wildman–Crippen MR) is 146 cm³/mol. The van der Waals surface area contributed by atoms with Crippen molar-refractivity contribution in [1.29, 1.82) is 0 Å². The first-order valence-electron chi connectivity index (χ1n) is 12.2. The van der Waals surface area contributed by atoms with E-state index < -0.39 is 9.70 Å². The number of hydrogen-bond acceptors (Lipinski definition) is 2. The lowest BCUT2D eigenvalue weighted by Gasteiger charge is -2.22. The minimum atomic E-state index is -1.93. The van der Waals surface area contributed by atoms with Gasteiger partial charge in [-0.05, 0) is 30.5 Å². The van der Waals surface area contributed by atoms with Gasteiger partial charge >= 0.3 is 0 Å². The third-order valence-corrected chi connectivity index (χ3v) is 6.36. The molecule has 186 valence electrons. The SMILES string of the molecule is C=C[C@H](CCCCCCCCCN(Cc1ccccc1)Cc1ccccc1)NC(=O)C(Cl)(Cl)Cl. The van der Waals surface area contributed by atoms with E-state index in [0.717, 1.165) is 38.9 Å². The summed E-state index contributed by atoms with van der Waals surface area (Å²) in [6.07, 6.45) is 10.8. The van der Waals surface area contributed by atoms with Crippen LogP contribution in [0, 0.1) is 0 Å². The number of hydrogen-bond donors (Lipinski definition) is 1. The number of halogens is 3. The summed E-state index contributed by atoms with van der Waals surface area (Å²) in [5.41, 5.74) is 2.72. The molecule has 0 aliphatic carbocycles. The van der Waals surface area contributed by atoms with Gasteiger partial charge in [-0.3, -0.25) is 9.69 Å². The molecule has 1 N–H and O–H groups in total. The standard InChI is InChI=1S/C28H37Cl3N2O/c1-2-26(32-27(34)28(29,30)31)20-14-6-4-3-5-7-15-21-33(22-24-16-10-8-11-17-24)23-25-18-12-9-13-19-25/h2,8-13,16-19,26H,1,3-7,14-15,20-23H2,(H,32,34)/t26-/m1/s1. The number of rotatable bonds is 16. The van der Waals surface area contributed by atoms with Gasteiger partial charge in [0.1, 0.15) is 0 Å². The zero-order valence-electron chi connectivity index (χ0n) is 19.9. The van der Waals surface area contributed by atoms with E-state index in [1.807, 2.05) is 0 Å². The Morgan fingerprint density at radius 1 is 0.824 bits per heavy atom. The Labute approximate surface area is 220 Å². The molecule has 0 unspecified atom stereocenters. The van der Waals surface area contributed by atoms with Crippen LogP contribution in [0.3, 0.4) is 0 Å². The first-order chi connectivity index (χ1) is 16.4. The summed E-state index contributed by atoms with van der Waals surface area (Å²) in [6.45, 7) is 6.83. The van der Waals surface area contributed by atoms with Gasteiger partial charge < -0.3 is 5.32 Å². The Morgan fingerprint density at radius 3 is 1.76 bits per heavy atom.